The van der Waals surface area contributed by atoms with E-state index in [-0.39, 0.29) is 18.3 Å². The molecule has 0 bridgehead atoms. The predicted octanol–water partition coefficient (Wildman–Crippen LogP) is 2.17. The average Bonchev–Trinajstić information content (AvgIpc) is 3.47. The van der Waals surface area contributed by atoms with Gasteiger partial charge in [-0.2, -0.15) is 0 Å². The van der Waals surface area contributed by atoms with Gasteiger partial charge in [0.15, 0.2) is 11.5 Å². The maximum atomic E-state index is 6.09. The molecular formula is C19H20O6. The molecule has 3 heterocycles. The lowest BCUT2D eigenvalue weighted by molar-refractivity contribution is 0.210. The van der Waals surface area contributed by atoms with E-state index in [0.717, 1.165) is 30.6 Å². The fraction of sp³-hybridized carbons (Fsp3) is 0.474. The Morgan fingerprint density at radius 2 is 1.32 bits per heavy atom. The zero-order chi connectivity index (χ0) is 16.6. The maximum Gasteiger partial charge on any atom is 0.204 e. The highest BCUT2D eigenvalue weighted by molar-refractivity contribution is 5.93. The van der Waals surface area contributed by atoms with Crippen LogP contribution < -0.4 is 14.2 Å². The van der Waals surface area contributed by atoms with E-state index in [0.29, 0.717) is 37.1 Å². The summed E-state index contributed by atoms with van der Waals surface area (Å²) in [4.78, 5) is 0. The minimum absolute atomic E-state index is 0.158. The van der Waals surface area contributed by atoms with Gasteiger partial charge in [-0.15, -0.1) is 0 Å². The monoisotopic (exact) mass is 344 g/mol. The Labute approximate surface area is 145 Å². The number of hydrogen-bond acceptors (Lipinski definition) is 6. The fourth-order valence-corrected chi connectivity index (χ4v) is 2.69. The molecule has 0 spiro atoms. The van der Waals surface area contributed by atoms with E-state index in [2.05, 4.69) is 0 Å². The van der Waals surface area contributed by atoms with Crippen LogP contribution in [0.1, 0.15) is 0 Å². The lowest BCUT2D eigenvalue weighted by Crippen LogP contribution is -2.12. The maximum absolute atomic E-state index is 6.09. The van der Waals surface area contributed by atoms with E-state index in [1.807, 2.05) is 30.3 Å². The van der Waals surface area contributed by atoms with E-state index < -0.39 is 0 Å². The van der Waals surface area contributed by atoms with Crippen LogP contribution >= 0.6 is 0 Å². The Kier molecular flexibility index (Phi) is 3.88. The van der Waals surface area contributed by atoms with Gasteiger partial charge in [-0.25, -0.2) is 0 Å². The molecule has 132 valence electrons. The van der Waals surface area contributed by atoms with E-state index in [9.17, 15) is 0 Å². The molecule has 3 fully saturated rings. The minimum atomic E-state index is 0.158. The van der Waals surface area contributed by atoms with Gasteiger partial charge in [0, 0.05) is 5.39 Å². The van der Waals surface area contributed by atoms with Crippen molar-refractivity contribution in [3.63, 3.8) is 0 Å². The second-order valence-electron chi connectivity index (χ2n) is 6.55. The molecule has 0 N–H and O–H groups in total. The van der Waals surface area contributed by atoms with Crippen molar-refractivity contribution in [2.45, 2.75) is 18.3 Å². The standard InChI is InChI=1S/C19H20O6/c1-2-4-16-12(3-1)5-17(23-9-13-6-20-13)19(25-11-15-8-22-15)18(16)24-10-14-7-21-14/h1-5,13-15H,6-11H2. The van der Waals surface area contributed by atoms with Crippen LogP contribution in [0.5, 0.6) is 17.2 Å². The Bertz CT molecular complexity index is 764. The van der Waals surface area contributed by atoms with E-state index in [4.69, 9.17) is 28.4 Å². The number of fused-ring (bicyclic) bond motifs is 1. The van der Waals surface area contributed by atoms with Gasteiger partial charge in [0.05, 0.1) is 19.8 Å². The molecule has 0 amide bonds. The highest BCUT2D eigenvalue weighted by atomic mass is 16.6. The summed E-state index contributed by atoms with van der Waals surface area (Å²) >= 11 is 0. The number of epoxide rings is 3. The van der Waals surface area contributed by atoms with Crippen LogP contribution in [0.25, 0.3) is 10.8 Å². The molecule has 3 unspecified atom stereocenters. The summed E-state index contributed by atoms with van der Waals surface area (Å²) in [5.74, 6) is 2.03. The van der Waals surface area contributed by atoms with Crippen LogP contribution in [0.15, 0.2) is 30.3 Å². The third kappa shape index (κ3) is 3.66. The van der Waals surface area contributed by atoms with Gasteiger partial charge in [-0.05, 0) is 11.5 Å². The molecule has 0 aliphatic carbocycles. The molecule has 0 saturated carbocycles. The molecule has 3 saturated heterocycles. The first-order valence-corrected chi connectivity index (χ1v) is 8.66. The average molecular weight is 344 g/mol. The van der Waals surface area contributed by atoms with Crippen molar-refractivity contribution in [2.24, 2.45) is 0 Å². The van der Waals surface area contributed by atoms with Crippen molar-refractivity contribution < 1.29 is 28.4 Å². The number of rotatable bonds is 9. The summed E-state index contributed by atoms with van der Waals surface area (Å²) in [5, 5.41) is 2.06. The van der Waals surface area contributed by atoms with Crippen LogP contribution in [0, 0.1) is 0 Å². The zero-order valence-corrected chi connectivity index (χ0v) is 13.8. The number of ether oxygens (including phenoxy) is 6. The second kappa shape index (κ2) is 6.37. The summed E-state index contributed by atoms with van der Waals surface area (Å²) < 4.78 is 33.9. The zero-order valence-electron chi connectivity index (χ0n) is 13.8. The molecule has 0 aromatic heterocycles. The van der Waals surface area contributed by atoms with Gasteiger partial charge < -0.3 is 28.4 Å². The quantitative estimate of drug-likeness (QED) is 0.650. The largest absolute Gasteiger partial charge is 0.487 e. The van der Waals surface area contributed by atoms with Gasteiger partial charge in [-0.1, -0.05) is 24.3 Å². The van der Waals surface area contributed by atoms with E-state index in [1.54, 1.807) is 0 Å². The van der Waals surface area contributed by atoms with Gasteiger partial charge >= 0.3 is 0 Å². The Balaban J connectivity index is 1.50. The van der Waals surface area contributed by atoms with Gasteiger partial charge in [-0.3, -0.25) is 0 Å². The summed E-state index contributed by atoms with van der Waals surface area (Å²) in [6.07, 6.45) is 0.504. The van der Waals surface area contributed by atoms with E-state index in [1.165, 1.54) is 0 Å². The van der Waals surface area contributed by atoms with Crippen molar-refractivity contribution >= 4 is 10.8 Å². The van der Waals surface area contributed by atoms with Gasteiger partial charge in [0.2, 0.25) is 5.75 Å². The third-order valence-electron chi connectivity index (χ3n) is 4.38. The summed E-state index contributed by atoms with van der Waals surface area (Å²) in [7, 11) is 0. The lowest BCUT2D eigenvalue weighted by Gasteiger charge is -2.18. The van der Waals surface area contributed by atoms with Gasteiger partial charge in [0.1, 0.15) is 38.1 Å². The fourth-order valence-electron chi connectivity index (χ4n) is 2.69. The van der Waals surface area contributed by atoms with Gasteiger partial charge in [0.25, 0.3) is 0 Å². The van der Waals surface area contributed by atoms with Crippen molar-refractivity contribution in [1.82, 2.24) is 0 Å². The van der Waals surface area contributed by atoms with Crippen LogP contribution in [0.3, 0.4) is 0 Å². The van der Waals surface area contributed by atoms with Crippen LogP contribution in [0.2, 0.25) is 0 Å². The highest BCUT2D eigenvalue weighted by Gasteiger charge is 2.29. The number of hydrogen-bond donors (Lipinski definition) is 0. The first kappa shape index (κ1) is 15.3. The molecular weight excluding hydrogens is 324 g/mol. The molecule has 5 rings (SSSR count). The first-order chi connectivity index (χ1) is 12.4. The third-order valence-corrected chi connectivity index (χ3v) is 4.38. The molecule has 0 radical (unpaired) electrons. The molecule has 25 heavy (non-hydrogen) atoms. The molecule has 2 aromatic carbocycles. The van der Waals surface area contributed by atoms with E-state index >= 15 is 0 Å². The Hall–Kier alpha value is -2.02. The summed E-state index contributed by atoms with van der Waals surface area (Å²) in [6.45, 7) is 3.76. The van der Waals surface area contributed by atoms with Crippen molar-refractivity contribution in [3.8, 4) is 17.2 Å². The molecule has 2 aromatic rings. The topological polar surface area (TPSA) is 65.3 Å². The Morgan fingerprint density at radius 3 is 1.96 bits per heavy atom. The highest BCUT2D eigenvalue weighted by Crippen LogP contribution is 2.44. The molecule has 3 aliphatic rings. The minimum Gasteiger partial charge on any atom is -0.487 e. The second-order valence-corrected chi connectivity index (χ2v) is 6.55. The van der Waals surface area contributed by atoms with Crippen LogP contribution in [0.4, 0.5) is 0 Å². The van der Waals surface area contributed by atoms with Crippen LogP contribution in [-0.4, -0.2) is 58.0 Å². The first-order valence-electron chi connectivity index (χ1n) is 8.66. The normalized spacial score (nSPS) is 26.3. The molecule has 6 heteroatoms. The molecule has 6 nitrogen and oxygen atoms in total. The number of benzene rings is 2. The predicted molar refractivity (Wildman–Crippen MR) is 89.7 cm³/mol. The Morgan fingerprint density at radius 1 is 0.760 bits per heavy atom. The molecule has 3 atom stereocenters. The smallest absolute Gasteiger partial charge is 0.204 e. The van der Waals surface area contributed by atoms with Crippen molar-refractivity contribution in [2.75, 3.05) is 39.6 Å². The molecule has 3 aliphatic heterocycles. The SMILES string of the molecule is c1ccc2c(OCC3CO3)c(OCC3CO3)c(OCC3CO3)cc2c1. The summed E-state index contributed by atoms with van der Waals surface area (Å²) in [5.41, 5.74) is 0. The summed E-state index contributed by atoms with van der Waals surface area (Å²) in [6, 6.07) is 10.1. The van der Waals surface area contributed by atoms with Crippen LogP contribution in [-0.2, 0) is 14.2 Å². The lowest BCUT2D eigenvalue weighted by atomic mass is 10.1. The van der Waals surface area contributed by atoms with Crippen molar-refractivity contribution in [1.29, 1.82) is 0 Å². The van der Waals surface area contributed by atoms with Crippen molar-refractivity contribution in [3.05, 3.63) is 30.3 Å².